The lowest BCUT2D eigenvalue weighted by Gasteiger charge is -2.15. The lowest BCUT2D eigenvalue weighted by Crippen LogP contribution is -2.35. The summed E-state index contributed by atoms with van der Waals surface area (Å²) in [7, 11) is -4.43. The fraction of sp³-hybridized carbons (Fsp3) is 0.200. The van der Waals surface area contributed by atoms with E-state index >= 15 is 0 Å². The van der Waals surface area contributed by atoms with Crippen LogP contribution in [0.3, 0.4) is 0 Å². The number of halogens is 6. The zero-order valence-corrected chi connectivity index (χ0v) is 14.6. The Morgan fingerprint density at radius 2 is 1.57 bits per heavy atom. The number of hydrogen-bond donors (Lipinski definition) is 2. The van der Waals surface area contributed by atoms with Crippen LogP contribution in [0.15, 0.2) is 41.4 Å². The smallest absolute Gasteiger partial charge is 0.291 e. The van der Waals surface area contributed by atoms with E-state index < -0.39 is 45.4 Å². The van der Waals surface area contributed by atoms with Crippen molar-refractivity contribution in [3.8, 4) is 0 Å². The van der Waals surface area contributed by atoms with Gasteiger partial charge < -0.3 is 0 Å². The van der Waals surface area contributed by atoms with Crippen LogP contribution in [0.4, 0.5) is 37.0 Å². The van der Waals surface area contributed by atoms with Gasteiger partial charge in [-0.2, -0.15) is 26.3 Å². The molecular formula is C15H11F6N3O3S. The molecule has 0 spiro atoms. The van der Waals surface area contributed by atoms with E-state index in [1.165, 1.54) is 22.2 Å². The van der Waals surface area contributed by atoms with Crippen molar-refractivity contribution in [3.63, 3.8) is 0 Å². The molecule has 2 rings (SSSR count). The van der Waals surface area contributed by atoms with Crippen LogP contribution < -0.4 is 10.0 Å². The van der Waals surface area contributed by atoms with Crippen LogP contribution in [0, 0.1) is 6.92 Å². The van der Waals surface area contributed by atoms with Gasteiger partial charge in [0.1, 0.15) is 5.82 Å². The highest BCUT2D eigenvalue weighted by Crippen LogP contribution is 2.38. The first kappa shape index (κ1) is 21.5. The van der Waals surface area contributed by atoms with Gasteiger partial charge in [-0.3, -0.25) is 5.32 Å². The van der Waals surface area contributed by atoms with Crippen LogP contribution in [0.25, 0.3) is 0 Å². The third-order valence-electron chi connectivity index (χ3n) is 3.31. The fourth-order valence-electron chi connectivity index (χ4n) is 1.97. The molecule has 1 aromatic carbocycles. The Hall–Kier alpha value is -2.83. The number of aromatic nitrogens is 1. The van der Waals surface area contributed by atoms with E-state index in [0.717, 1.165) is 12.1 Å². The maximum absolute atomic E-state index is 13.0. The Bertz CT molecular complexity index is 986. The maximum Gasteiger partial charge on any atom is 0.419 e. The van der Waals surface area contributed by atoms with E-state index in [9.17, 15) is 39.6 Å². The van der Waals surface area contributed by atoms with Gasteiger partial charge in [0.05, 0.1) is 16.0 Å². The molecule has 0 aliphatic heterocycles. The van der Waals surface area contributed by atoms with Crippen LogP contribution in [-0.4, -0.2) is 19.4 Å². The number of nitrogens with zero attached hydrogens (tertiary/aromatic N) is 1. The third kappa shape index (κ3) is 5.12. The average molecular weight is 427 g/mol. The second-order valence-electron chi connectivity index (χ2n) is 5.49. The molecule has 0 aliphatic carbocycles. The molecule has 1 aromatic heterocycles. The molecular weight excluding hydrogens is 416 g/mol. The molecule has 2 amide bonds. The van der Waals surface area contributed by atoms with Gasteiger partial charge in [0, 0.05) is 6.20 Å². The molecule has 152 valence electrons. The molecule has 0 aliphatic rings. The zero-order chi connectivity index (χ0) is 21.3. The number of carbonyl (C=O) groups excluding carboxylic acids is 1. The number of nitrogens with one attached hydrogen (secondary N) is 2. The number of carbonyl (C=O) groups is 1. The lowest BCUT2D eigenvalue weighted by atomic mass is 10.1. The van der Waals surface area contributed by atoms with Gasteiger partial charge in [0.15, 0.2) is 0 Å². The minimum absolute atomic E-state index is 0.0827. The Morgan fingerprint density at radius 3 is 2.07 bits per heavy atom. The first-order chi connectivity index (χ1) is 12.7. The molecule has 0 fully saturated rings. The second kappa shape index (κ2) is 7.30. The van der Waals surface area contributed by atoms with Crippen LogP contribution in [0.1, 0.15) is 16.7 Å². The highest BCUT2D eigenvalue weighted by molar-refractivity contribution is 7.90. The normalized spacial score (nSPS) is 12.5. The number of anilines is 1. The van der Waals surface area contributed by atoms with Crippen molar-refractivity contribution in [1.29, 1.82) is 0 Å². The van der Waals surface area contributed by atoms with Crippen molar-refractivity contribution in [2.75, 3.05) is 5.32 Å². The summed E-state index contributed by atoms with van der Waals surface area (Å²) in [6.45, 7) is 1.67. The van der Waals surface area contributed by atoms with Crippen molar-refractivity contribution >= 4 is 21.9 Å². The summed E-state index contributed by atoms with van der Waals surface area (Å²) < 4.78 is 102. The summed E-state index contributed by atoms with van der Waals surface area (Å²) >= 11 is 0. The number of pyridine rings is 1. The minimum Gasteiger partial charge on any atom is -0.291 e. The van der Waals surface area contributed by atoms with E-state index in [1.54, 1.807) is 6.92 Å². The summed E-state index contributed by atoms with van der Waals surface area (Å²) in [5.41, 5.74) is -2.85. The van der Waals surface area contributed by atoms with E-state index in [0.29, 0.717) is 5.56 Å². The number of amides is 2. The standard InChI is InChI=1S/C15H11F6N3O3S/c1-8-2-4-10(5-3-8)28(26,27)24-13(25)23-12-11(15(19,20)21)6-9(7-22-12)14(16,17)18/h2-7H,1H3,(H2,22,23,24,25). The molecule has 0 radical (unpaired) electrons. The van der Waals surface area contributed by atoms with Gasteiger partial charge in [-0.15, -0.1) is 0 Å². The molecule has 6 nitrogen and oxygen atoms in total. The summed E-state index contributed by atoms with van der Waals surface area (Å²) in [6, 6.07) is 3.29. The molecule has 0 saturated heterocycles. The van der Waals surface area contributed by atoms with Gasteiger partial charge >= 0.3 is 18.4 Å². The number of urea groups is 1. The highest BCUT2D eigenvalue weighted by Gasteiger charge is 2.39. The van der Waals surface area contributed by atoms with Crippen molar-refractivity contribution < 1.29 is 39.6 Å². The summed E-state index contributed by atoms with van der Waals surface area (Å²) in [6.07, 6.45) is -10.3. The Kier molecular flexibility index (Phi) is 5.59. The number of aryl methyl sites for hydroxylation is 1. The molecule has 0 atom stereocenters. The second-order valence-corrected chi connectivity index (χ2v) is 7.17. The van der Waals surface area contributed by atoms with Gasteiger partial charge in [-0.05, 0) is 25.1 Å². The molecule has 0 bridgehead atoms. The average Bonchev–Trinajstić information content (AvgIpc) is 2.52. The van der Waals surface area contributed by atoms with Crippen molar-refractivity contribution in [3.05, 3.63) is 53.2 Å². The number of rotatable bonds is 3. The number of benzene rings is 1. The lowest BCUT2D eigenvalue weighted by molar-refractivity contribution is -0.143. The highest BCUT2D eigenvalue weighted by atomic mass is 32.2. The van der Waals surface area contributed by atoms with Crippen LogP contribution in [0.2, 0.25) is 0 Å². The summed E-state index contributed by atoms with van der Waals surface area (Å²) in [5.74, 6) is -1.28. The predicted octanol–water partition coefficient (Wildman–Crippen LogP) is 3.94. The van der Waals surface area contributed by atoms with Crippen molar-refractivity contribution in [1.82, 2.24) is 9.71 Å². The number of sulfonamides is 1. The third-order valence-corrected chi connectivity index (χ3v) is 4.66. The molecule has 2 aromatic rings. The molecule has 13 heteroatoms. The topological polar surface area (TPSA) is 88.2 Å². The molecule has 0 saturated carbocycles. The molecule has 2 N–H and O–H groups in total. The van der Waals surface area contributed by atoms with Gasteiger partial charge in [0.2, 0.25) is 0 Å². The Balaban J connectivity index is 2.29. The predicted molar refractivity (Wildman–Crippen MR) is 84.8 cm³/mol. The SMILES string of the molecule is Cc1ccc(S(=O)(=O)NC(=O)Nc2ncc(C(F)(F)F)cc2C(F)(F)F)cc1. The van der Waals surface area contributed by atoms with E-state index in [4.69, 9.17) is 0 Å². The summed E-state index contributed by atoms with van der Waals surface area (Å²) in [4.78, 5) is 14.4. The Labute approximate surface area is 154 Å². The number of alkyl halides is 6. The van der Waals surface area contributed by atoms with Gasteiger partial charge in [0.25, 0.3) is 10.0 Å². The van der Waals surface area contributed by atoms with Crippen molar-refractivity contribution in [2.24, 2.45) is 0 Å². The largest absolute Gasteiger partial charge is 0.419 e. The van der Waals surface area contributed by atoms with Crippen LogP contribution >= 0.6 is 0 Å². The zero-order valence-electron chi connectivity index (χ0n) is 13.8. The Morgan fingerprint density at radius 1 is 1.00 bits per heavy atom. The van der Waals surface area contributed by atoms with Gasteiger partial charge in [-0.25, -0.2) is 22.9 Å². The molecule has 28 heavy (non-hydrogen) atoms. The minimum atomic E-state index is -5.29. The quantitative estimate of drug-likeness (QED) is 0.727. The first-order valence-electron chi connectivity index (χ1n) is 7.25. The molecule has 0 unspecified atom stereocenters. The fourth-order valence-corrected chi connectivity index (χ4v) is 2.87. The monoisotopic (exact) mass is 427 g/mol. The van der Waals surface area contributed by atoms with Crippen LogP contribution in [-0.2, 0) is 22.4 Å². The first-order valence-corrected chi connectivity index (χ1v) is 8.73. The van der Waals surface area contributed by atoms with Crippen molar-refractivity contribution in [2.45, 2.75) is 24.2 Å². The van der Waals surface area contributed by atoms with E-state index in [-0.39, 0.29) is 17.2 Å². The van der Waals surface area contributed by atoms with Crippen LogP contribution in [0.5, 0.6) is 0 Å². The van der Waals surface area contributed by atoms with Gasteiger partial charge in [-0.1, -0.05) is 17.7 Å². The maximum atomic E-state index is 13.0. The number of hydrogen-bond acceptors (Lipinski definition) is 4. The summed E-state index contributed by atoms with van der Waals surface area (Å²) in [5, 5.41) is 1.51. The molecule has 1 heterocycles. The van der Waals surface area contributed by atoms with E-state index in [2.05, 4.69) is 4.98 Å². The van der Waals surface area contributed by atoms with E-state index in [1.807, 2.05) is 0 Å².